The van der Waals surface area contributed by atoms with E-state index < -0.39 is 12.1 Å². The predicted molar refractivity (Wildman–Crippen MR) is 230 cm³/mol. The maximum atomic E-state index is 12.3. The summed E-state index contributed by atoms with van der Waals surface area (Å²) >= 11 is 0. The van der Waals surface area contributed by atoms with E-state index >= 15 is 0 Å². The lowest BCUT2D eigenvalue weighted by Crippen LogP contribution is -2.45. The first-order chi connectivity index (χ1) is 25.7. The molecule has 2 unspecified atom stereocenters. The summed E-state index contributed by atoms with van der Waals surface area (Å²) in [5.74, 6) is -0.0611. The minimum atomic E-state index is -0.833. The minimum absolute atomic E-state index is 0.0611. The molecule has 0 aliphatic heterocycles. The average molecular weight is 734 g/mol. The van der Waals surface area contributed by atoms with E-state index in [0.717, 1.165) is 25.7 Å². The van der Waals surface area contributed by atoms with Crippen molar-refractivity contribution in [3.63, 3.8) is 0 Å². The van der Waals surface area contributed by atoms with Gasteiger partial charge in [-0.2, -0.15) is 0 Å². The van der Waals surface area contributed by atoms with Crippen molar-refractivity contribution in [3.05, 3.63) is 12.2 Å². The van der Waals surface area contributed by atoms with Crippen molar-refractivity contribution >= 4 is 5.91 Å². The van der Waals surface area contributed by atoms with Gasteiger partial charge in [-0.25, -0.2) is 0 Å². The Labute approximate surface area is 327 Å². The molecular weight excluding hydrogens is 639 g/mol. The minimum Gasteiger partial charge on any atom is -0.394 e. The molecule has 0 bridgehead atoms. The summed E-state index contributed by atoms with van der Waals surface area (Å²) < 4.78 is 0. The summed E-state index contributed by atoms with van der Waals surface area (Å²) in [6.07, 6.45) is 56.3. The van der Waals surface area contributed by atoms with Crippen LogP contribution in [0.1, 0.15) is 271 Å². The lowest BCUT2D eigenvalue weighted by Gasteiger charge is -2.20. The molecule has 0 saturated heterocycles. The van der Waals surface area contributed by atoms with Crippen LogP contribution in [0.3, 0.4) is 0 Å². The summed E-state index contributed by atoms with van der Waals surface area (Å²) in [6.45, 7) is 4.32. The van der Waals surface area contributed by atoms with Crippen LogP contribution in [0.4, 0.5) is 0 Å². The second-order valence-electron chi connectivity index (χ2n) is 16.5. The normalized spacial score (nSPS) is 12.9. The number of aliphatic hydroxyl groups excluding tert-OH is 2. The number of carbonyl (C=O) groups excluding carboxylic acids is 1. The highest BCUT2D eigenvalue weighted by Crippen LogP contribution is 2.17. The Morgan fingerprint density at radius 1 is 0.442 bits per heavy atom. The fourth-order valence-electron chi connectivity index (χ4n) is 7.59. The van der Waals surface area contributed by atoms with Gasteiger partial charge in [0.15, 0.2) is 0 Å². The van der Waals surface area contributed by atoms with Crippen molar-refractivity contribution in [3.8, 4) is 0 Å². The monoisotopic (exact) mass is 734 g/mol. The largest absolute Gasteiger partial charge is 0.394 e. The second-order valence-corrected chi connectivity index (χ2v) is 16.5. The summed E-state index contributed by atoms with van der Waals surface area (Å²) in [5, 5.41) is 23.0. The zero-order valence-electron chi connectivity index (χ0n) is 35.6. The molecule has 0 radical (unpaired) electrons. The molecular formula is C48H95NO3. The van der Waals surface area contributed by atoms with Crippen LogP contribution < -0.4 is 5.32 Å². The van der Waals surface area contributed by atoms with Gasteiger partial charge in [0.05, 0.1) is 18.8 Å². The fraction of sp³-hybridized carbons (Fsp3) is 0.938. The van der Waals surface area contributed by atoms with Gasteiger partial charge in [0.1, 0.15) is 0 Å². The Balaban J connectivity index is 3.44. The van der Waals surface area contributed by atoms with Gasteiger partial charge in [-0.3, -0.25) is 4.79 Å². The second kappa shape index (κ2) is 44.5. The van der Waals surface area contributed by atoms with E-state index in [9.17, 15) is 15.0 Å². The summed E-state index contributed by atoms with van der Waals surface area (Å²) in [5.41, 5.74) is 0. The number of rotatable bonds is 44. The maximum Gasteiger partial charge on any atom is 0.220 e. The summed E-state index contributed by atoms with van der Waals surface area (Å²) in [4.78, 5) is 12.3. The highest BCUT2D eigenvalue weighted by atomic mass is 16.3. The van der Waals surface area contributed by atoms with Crippen LogP contribution in [0.5, 0.6) is 0 Å². The first-order valence-corrected chi connectivity index (χ1v) is 23.9. The highest BCUT2D eigenvalue weighted by Gasteiger charge is 2.18. The van der Waals surface area contributed by atoms with Gasteiger partial charge in [0, 0.05) is 6.42 Å². The van der Waals surface area contributed by atoms with Gasteiger partial charge >= 0.3 is 0 Å². The van der Waals surface area contributed by atoms with E-state index in [2.05, 4.69) is 19.2 Å². The standard InChI is InChI=1S/C48H95NO3/c1-3-5-7-9-11-13-15-17-18-19-20-21-22-23-24-25-26-27-28-29-30-31-32-33-35-37-39-41-43-47(51)46(45-50)49-48(52)44-42-40-38-36-34-16-14-12-10-8-6-4-2/h41,43,46-47,50-51H,3-40,42,44-45H2,1-2H3,(H,49,52)/b43-41+. The van der Waals surface area contributed by atoms with E-state index in [1.807, 2.05) is 6.08 Å². The van der Waals surface area contributed by atoms with Crippen molar-refractivity contribution in [2.75, 3.05) is 6.61 Å². The molecule has 0 aliphatic carbocycles. The van der Waals surface area contributed by atoms with Crippen molar-refractivity contribution in [2.24, 2.45) is 0 Å². The smallest absolute Gasteiger partial charge is 0.220 e. The molecule has 0 spiro atoms. The van der Waals surface area contributed by atoms with Crippen LogP contribution >= 0.6 is 0 Å². The van der Waals surface area contributed by atoms with Crippen molar-refractivity contribution in [1.82, 2.24) is 5.32 Å². The molecule has 0 aliphatic rings. The number of amides is 1. The van der Waals surface area contributed by atoms with E-state index in [1.165, 1.54) is 225 Å². The highest BCUT2D eigenvalue weighted by molar-refractivity contribution is 5.76. The first kappa shape index (κ1) is 51.1. The number of hydrogen-bond donors (Lipinski definition) is 3. The summed E-state index contributed by atoms with van der Waals surface area (Å²) in [7, 11) is 0. The van der Waals surface area contributed by atoms with Gasteiger partial charge in [-0.05, 0) is 19.3 Å². The number of unbranched alkanes of at least 4 members (excludes halogenated alkanes) is 37. The van der Waals surface area contributed by atoms with E-state index in [-0.39, 0.29) is 12.5 Å². The van der Waals surface area contributed by atoms with E-state index in [4.69, 9.17) is 0 Å². The topological polar surface area (TPSA) is 69.6 Å². The molecule has 0 fully saturated rings. The van der Waals surface area contributed by atoms with Crippen LogP contribution in [0.2, 0.25) is 0 Å². The summed E-state index contributed by atoms with van der Waals surface area (Å²) in [6, 6.07) is -0.616. The van der Waals surface area contributed by atoms with Gasteiger partial charge < -0.3 is 15.5 Å². The molecule has 4 nitrogen and oxygen atoms in total. The molecule has 4 heteroatoms. The number of hydrogen-bond acceptors (Lipinski definition) is 3. The van der Waals surface area contributed by atoms with E-state index in [0.29, 0.717) is 6.42 Å². The quantitative estimate of drug-likeness (QED) is 0.0431. The Bertz CT molecular complexity index is 710. The van der Waals surface area contributed by atoms with Crippen LogP contribution in [0, 0.1) is 0 Å². The molecule has 0 rings (SSSR count). The Morgan fingerprint density at radius 3 is 1.00 bits per heavy atom. The third-order valence-corrected chi connectivity index (χ3v) is 11.3. The lowest BCUT2D eigenvalue weighted by atomic mass is 10.0. The van der Waals surface area contributed by atoms with Crippen LogP contribution in [0.25, 0.3) is 0 Å². The number of carbonyl (C=O) groups is 1. The Kier molecular flexibility index (Phi) is 43.8. The Morgan fingerprint density at radius 2 is 0.712 bits per heavy atom. The van der Waals surface area contributed by atoms with E-state index in [1.54, 1.807) is 6.08 Å². The molecule has 3 N–H and O–H groups in total. The van der Waals surface area contributed by atoms with Crippen molar-refractivity contribution in [1.29, 1.82) is 0 Å². The molecule has 0 aromatic heterocycles. The first-order valence-electron chi connectivity index (χ1n) is 23.9. The van der Waals surface area contributed by atoms with Gasteiger partial charge in [-0.1, -0.05) is 257 Å². The van der Waals surface area contributed by atoms with Crippen molar-refractivity contribution < 1.29 is 15.0 Å². The average Bonchev–Trinajstić information content (AvgIpc) is 3.15. The zero-order chi connectivity index (χ0) is 37.8. The molecule has 2 atom stereocenters. The van der Waals surface area contributed by atoms with Gasteiger partial charge in [0.25, 0.3) is 0 Å². The number of allylic oxidation sites excluding steroid dienone is 1. The fourth-order valence-corrected chi connectivity index (χ4v) is 7.59. The third kappa shape index (κ3) is 40.3. The van der Waals surface area contributed by atoms with Crippen molar-refractivity contribution in [2.45, 2.75) is 283 Å². The molecule has 0 heterocycles. The molecule has 0 aromatic rings. The molecule has 310 valence electrons. The van der Waals surface area contributed by atoms with Crippen LogP contribution in [-0.4, -0.2) is 34.9 Å². The molecule has 0 saturated carbocycles. The van der Waals surface area contributed by atoms with Crippen LogP contribution in [-0.2, 0) is 4.79 Å². The predicted octanol–water partition coefficient (Wildman–Crippen LogP) is 15.0. The Hall–Kier alpha value is -0.870. The molecule has 0 aromatic carbocycles. The number of nitrogens with one attached hydrogen (secondary N) is 1. The van der Waals surface area contributed by atoms with Gasteiger partial charge in [-0.15, -0.1) is 0 Å². The maximum absolute atomic E-state index is 12.3. The zero-order valence-corrected chi connectivity index (χ0v) is 35.6. The number of aliphatic hydroxyl groups is 2. The molecule has 52 heavy (non-hydrogen) atoms. The lowest BCUT2D eigenvalue weighted by molar-refractivity contribution is -0.123. The third-order valence-electron chi connectivity index (χ3n) is 11.3. The molecule has 1 amide bonds. The van der Waals surface area contributed by atoms with Gasteiger partial charge in [0.2, 0.25) is 5.91 Å². The van der Waals surface area contributed by atoms with Crippen LogP contribution in [0.15, 0.2) is 12.2 Å². The SMILES string of the molecule is CCCCCCCCCCCCCCCCCCCCCCCCCCCC/C=C/C(O)C(CO)NC(=O)CCCCCCCCCCCCCC.